The number of nitrogens with one attached hydrogen (secondary N) is 2. The Hall–Kier alpha value is -4.06. The third-order valence-electron chi connectivity index (χ3n) is 5.48. The van der Waals surface area contributed by atoms with Gasteiger partial charge in [0.25, 0.3) is 10.0 Å². The van der Waals surface area contributed by atoms with E-state index >= 15 is 0 Å². The molecule has 0 aromatic heterocycles. The van der Waals surface area contributed by atoms with Gasteiger partial charge in [0.1, 0.15) is 18.3 Å². The lowest BCUT2D eigenvalue weighted by Crippen LogP contribution is -2.54. The van der Waals surface area contributed by atoms with Gasteiger partial charge in [-0.15, -0.1) is 0 Å². The zero-order chi connectivity index (χ0) is 27.9. The first-order valence-electron chi connectivity index (χ1n) is 11.3. The van der Waals surface area contributed by atoms with Crippen molar-refractivity contribution in [3.8, 4) is 5.75 Å². The molecule has 3 aromatic rings. The van der Waals surface area contributed by atoms with Crippen LogP contribution in [0.4, 0.5) is 23.7 Å². The first kappa shape index (κ1) is 28.5. The summed E-state index contributed by atoms with van der Waals surface area (Å²) in [6.45, 7) is -0.0909. The number of halogens is 3. The maximum Gasteiger partial charge on any atom is 0.406 e. The van der Waals surface area contributed by atoms with Gasteiger partial charge in [0.2, 0.25) is 5.91 Å². The van der Waals surface area contributed by atoms with Gasteiger partial charge in [0, 0.05) is 12.1 Å². The second-order valence-corrected chi connectivity index (χ2v) is 9.98. The number of ether oxygens (including phenoxy) is 1. The molecule has 2 N–H and O–H groups in total. The summed E-state index contributed by atoms with van der Waals surface area (Å²) in [6.07, 6.45) is -4.95. The van der Waals surface area contributed by atoms with Gasteiger partial charge in [0.15, 0.2) is 0 Å². The van der Waals surface area contributed by atoms with Gasteiger partial charge in [0.05, 0.1) is 12.0 Å². The lowest BCUT2D eigenvalue weighted by atomic mass is 10.0. The molecule has 0 bridgehead atoms. The number of rotatable bonds is 9. The number of nitrogens with zero attached hydrogens (tertiary/aromatic N) is 1. The second kappa shape index (κ2) is 12.0. The van der Waals surface area contributed by atoms with E-state index in [4.69, 9.17) is 4.74 Å². The Balaban J connectivity index is 1.93. The Morgan fingerprint density at radius 3 is 2.13 bits per heavy atom. The maximum absolute atomic E-state index is 13.5. The van der Waals surface area contributed by atoms with Crippen LogP contribution in [0.2, 0.25) is 0 Å². The summed E-state index contributed by atoms with van der Waals surface area (Å²) in [4.78, 5) is 26.6. The number of sulfonamides is 1. The van der Waals surface area contributed by atoms with Gasteiger partial charge >= 0.3 is 12.2 Å². The molecule has 38 heavy (non-hydrogen) atoms. The summed E-state index contributed by atoms with van der Waals surface area (Å²) >= 11 is 0. The van der Waals surface area contributed by atoms with E-state index in [2.05, 4.69) is 5.32 Å². The molecule has 0 aliphatic carbocycles. The molecule has 0 heterocycles. The fourth-order valence-corrected chi connectivity index (χ4v) is 4.86. The lowest BCUT2D eigenvalue weighted by Gasteiger charge is -2.29. The van der Waals surface area contributed by atoms with Gasteiger partial charge in [-0.1, -0.05) is 48.5 Å². The van der Waals surface area contributed by atoms with Crippen LogP contribution in [-0.4, -0.2) is 46.2 Å². The van der Waals surface area contributed by atoms with Crippen molar-refractivity contribution < 1.29 is 35.9 Å². The fraction of sp³-hybridized carbons (Fsp3) is 0.231. The van der Waals surface area contributed by atoms with Gasteiger partial charge in [-0.05, 0) is 48.4 Å². The minimum absolute atomic E-state index is 0.0825. The number of carbonyl (C=O) groups excluding carboxylic acids is 2. The van der Waals surface area contributed by atoms with E-state index in [-0.39, 0.29) is 17.0 Å². The lowest BCUT2D eigenvalue weighted by molar-refractivity contribution is -0.133. The number of anilines is 1. The molecule has 0 fully saturated rings. The zero-order valence-electron chi connectivity index (χ0n) is 20.5. The molecule has 0 spiro atoms. The zero-order valence-corrected chi connectivity index (χ0v) is 21.3. The standard InChI is InChI=1S/C26H26F3N3O5S/c1-18-8-6-7-11-23(18)38(35,36)31-25(34)30-22(16-19-9-4-3-5-10-19)24(33)32(17-26(27,28)29)20-12-14-21(37-2)15-13-20/h3-15,22H,16-17H2,1-2H3,(H2,30,31,34). The van der Waals surface area contributed by atoms with Crippen LogP contribution in [0.3, 0.4) is 0 Å². The van der Waals surface area contributed by atoms with Crippen molar-refractivity contribution in [2.45, 2.75) is 30.5 Å². The topological polar surface area (TPSA) is 105 Å². The molecule has 202 valence electrons. The van der Waals surface area contributed by atoms with Gasteiger partial charge in [-0.25, -0.2) is 17.9 Å². The Labute approximate surface area is 218 Å². The van der Waals surface area contributed by atoms with Crippen molar-refractivity contribution in [2.24, 2.45) is 0 Å². The van der Waals surface area contributed by atoms with Crippen LogP contribution in [0.25, 0.3) is 0 Å². The van der Waals surface area contributed by atoms with Crippen molar-refractivity contribution in [1.82, 2.24) is 10.0 Å². The highest BCUT2D eigenvalue weighted by molar-refractivity contribution is 7.90. The molecule has 3 amide bonds. The van der Waals surface area contributed by atoms with Crippen LogP contribution < -0.4 is 19.7 Å². The van der Waals surface area contributed by atoms with E-state index < -0.39 is 40.7 Å². The van der Waals surface area contributed by atoms with Crippen LogP contribution >= 0.6 is 0 Å². The summed E-state index contributed by atoms with van der Waals surface area (Å²) in [5.74, 6) is -0.715. The van der Waals surface area contributed by atoms with Gasteiger partial charge in [-0.2, -0.15) is 13.2 Å². The highest BCUT2D eigenvalue weighted by Crippen LogP contribution is 2.25. The van der Waals surface area contributed by atoms with Crippen LogP contribution in [-0.2, 0) is 21.2 Å². The van der Waals surface area contributed by atoms with Crippen molar-refractivity contribution in [2.75, 3.05) is 18.6 Å². The van der Waals surface area contributed by atoms with E-state index in [1.54, 1.807) is 36.4 Å². The number of methoxy groups -OCH3 is 1. The summed E-state index contributed by atoms with van der Waals surface area (Å²) in [7, 11) is -2.94. The molecule has 0 aliphatic heterocycles. The van der Waals surface area contributed by atoms with Gasteiger partial charge < -0.3 is 15.0 Å². The van der Waals surface area contributed by atoms with E-state index in [1.807, 2.05) is 4.72 Å². The van der Waals surface area contributed by atoms with Crippen LogP contribution in [0.1, 0.15) is 11.1 Å². The SMILES string of the molecule is COc1ccc(N(CC(F)(F)F)C(=O)C(Cc2ccccc2)NC(=O)NS(=O)(=O)c2ccccc2C)cc1. The smallest absolute Gasteiger partial charge is 0.406 e. The molecule has 8 nitrogen and oxygen atoms in total. The Morgan fingerprint density at radius 1 is 0.947 bits per heavy atom. The monoisotopic (exact) mass is 549 g/mol. The average Bonchev–Trinajstić information content (AvgIpc) is 2.86. The molecule has 0 saturated carbocycles. The molecule has 0 radical (unpaired) electrons. The normalized spacial score (nSPS) is 12.3. The van der Waals surface area contributed by atoms with Gasteiger partial charge in [-0.3, -0.25) is 4.79 Å². The highest BCUT2D eigenvalue weighted by Gasteiger charge is 2.37. The molecule has 1 atom stereocenters. The number of aryl methyl sites for hydroxylation is 1. The Kier molecular flexibility index (Phi) is 9.00. The summed E-state index contributed by atoms with van der Waals surface area (Å²) in [5.41, 5.74) is 0.830. The maximum atomic E-state index is 13.5. The van der Waals surface area contributed by atoms with Crippen molar-refractivity contribution in [3.05, 3.63) is 90.0 Å². The fourth-order valence-electron chi connectivity index (χ4n) is 3.70. The molecule has 3 rings (SSSR count). The number of amides is 3. The number of hydrogen-bond donors (Lipinski definition) is 2. The van der Waals surface area contributed by atoms with Crippen LogP contribution in [0.5, 0.6) is 5.75 Å². The average molecular weight is 550 g/mol. The Bertz CT molecular complexity index is 1360. The van der Waals surface area contributed by atoms with Crippen LogP contribution in [0, 0.1) is 6.92 Å². The summed E-state index contributed by atoms with van der Waals surface area (Å²) < 4.78 is 72.9. The summed E-state index contributed by atoms with van der Waals surface area (Å²) in [5, 5.41) is 2.26. The number of carbonyl (C=O) groups is 2. The Morgan fingerprint density at radius 2 is 1.55 bits per heavy atom. The predicted molar refractivity (Wildman–Crippen MR) is 135 cm³/mol. The molecule has 0 aliphatic rings. The number of alkyl halides is 3. The minimum atomic E-state index is -4.76. The molecular formula is C26H26F3N3O5S. The number of urea groups is 1. The molecule has 0 saturated heterocycles. The minimum Gasteiger partial charge on any atom is -0.497 e. The quantitative estimate of drug-likeness (QED) is 0.417. The van der Waals surface area contributed by atoms with Crippen molar-refractivity contribution in [3.63, 3.8) is 0 Å². The van der Waals surface area contributed by atoms with E-state index in [1.165, 1.54) is 56.5 Å². The predicted octanol–water partition coefficient (Wildman–Crippen LogP) is 4.20. The molecular weight excluding hydrogens is 523 g/mol. The highest BCUT2D eigenvalue weighted by atomic mass is 32.2. The number of hydrogen-bond acceptors (Lipinski definition) is 5. The first-order chi connectivity index (χ1) is 17.9. The largest absolute Gasteiger partial charge is 0.497 e. The summed E-state index contributed by atoms with van der Waals surface area (Å²) in [6, 6.07) is 16.8. The molecule has 12 heteroatoms. The molecule has 3 aromatic carbocycles. The third-order valence-corrected chi connectivity index (χ3v) is 6.97. The first-order valence-corrected chi connectivity index (χ1v) is 12.8. The van der Waals surface area contributed by atoms with E-state index in [9.17, 15) is 31.2 Å². The van der Waals surface area contributed by atoms with Crippen LogP contribution in [0.15, 0.2) is 83.8 Å². The number of benzene rings is 3. The third kappa shape index (κ3) is 7.72. The van der Waals surface area contributed by atoms with E-state index in [0.717, 1.165) is 0 Å². The van der Waals surface area contributed by atoms with E-state index in [0.29, 0.717) is 21.8 Å². The van der Waals surface area contributed by atoms with Crippen molar-refractivity contribution in [1.29, 1.82) is 0 Å². The molecule has 1 unspecified atom stereocenters. The van der Waals surface area contributed by atoms with Crippen molar-refractivity contribution >= 4 is 27.6 Å². The second-order valence-electron chi connectivity index (χ2n) is 8.32.